The number of ether oxygens (including phenoxy) is 1. The van der Waals surface area contributed by atoms with Crippen LogP contribution in [0.15, 0.2) is 48.5 Å². The molecule has 5 heteroatoms. The number of rotatable bonds is 5. The van der Waals surface area contributed by atoms with E-state index in [1.807, 2.05) is 0 Å². The molecule has 3 nitrogen and oxygen atoms in total. The number of carbonyl (C=O) groups is 1. The molecule has 0 saturated heterocycles. The third-order valence-corrected chi connectivity index (χ3v) is 3.13. The first-order chi connectivity index (χ1) is 10.0. The second kappa shape index (κ2) is 7.09. The summed E-state index contributed by atoms with van der Waals surface area (Å²) in [5.74, 6) is 0.0302. The van der Waals surface area contributed by atoms with Crippen LogP contribution in [0.1, 0.15) is 12.5 Å². The van der Waals surface area contributed by atoms with Gasteiger partial charge in [0.1, 0.15) is 11.6 Å². The monoisotopic (exact) mass is 307 g/mol. The van der Waals surface area contributed by atoms with Crippen molar-refractivity contribution in [3.63, 3.8) is 0 Å². The molecule has 0 aliphatic rings. The summed E-state index contributed by atoms with van der Waals surface area (Å²) in [6, 6.07) is 12.8. The van der Waals surface area contributed by atoms with Crippen LogP contribution < -0.4 is 10.1 Å². The third kappa shape index (κ3) is 4.76. The van der Waals surface area contributed by atoms with Crippen LogP contribution in [0.5, 0.6) is 5.75 Å². The van der Waals surface area contributed by atoms with Crippen LogP contribution in [-0.2, 0) is 11.3 Å². The van der Waals surface area contributed by atoms with Gasteiger partial charge < -0.3 is 10.1 Å². The Bertz CT molecular complexity index is 599. The molecule has 0 radical (unpaired) electrons. The maximum atomic E-state index is 12.8. The van der Waals surface area contributed by atoms with Crippen molar-refractivity contribution in [2.75, 3.05) is 0 Å². The maximum absolute atomic E-state index is 12.8. The SMILES string of the molecule is C[C@H](Oc1ccc(Cl)cc1)C(=O)NCc1ccc(F)cc1. The molecular formula is C16H15ClFNO2. The Morgan fingerprint density at radius 3 is 2.43 bits per heavy atom. The van der Waals surface area contributed by atoms with Gasteiger partial charge in [-0.25, -0.2) is 4.39 Å². The van der Waals surface area contributed by atoms with E-state index in [1.165, 1.54) is 12.1 Å². The highest BCUT2D eigenvalue weighted by Gasteiger charge is 2.14. The van der Waals surface area contributed by atoms with E-state index in [0.29, 0.717) is 17.3 Å². The first kappa shape index (κ1) is 15.3. The molecule has 2 rings (SSSR count). The predicted octanol–water partition coefficient (Wildman–Crippen LogP) is 3.56. The Kier molecular flexibility index (Phi) is 5.17. The fourth-order valence-corrected chi connectivity index (χ4v) is 1.83. The Morgan fingerprint density at radius 2 is 1.81 bits per heavy atom. The molecule has 0 saturated carbocycles. The number of hydrogen-bond acceptors (Lipinski definition) is 2. The molecule has 0 aliphatic heterocycles. The van der Waals surface area contributed by atoms with Crippen LogP contribution in [0.2, 0.25) is 5.02 Å². The van der Waals surface area contributed by atoms with Gasteiger partial charge in [0.05, 0.1) is 0 Å². The molecule has 2 aromatic rings. The number of benzene rings is 2. The van der Waals surface area contributed by atoms with Crippen LogP contribution in [0.3, 0.4) is 0 Å². The Hall–Kier alpha value is -2.07. The average molecular weight is 308 g/mol. The van der Waals surface area contributed by atoms with Gasteiger partial charge in [0.25, 0.3) is 5.91 Å². The van der Waals surface area contributed by atoms with Crippen molar-refractivity contribution >= 4 is 17.5 Å². The largest absolute Gasteiger partial charge is 0.481 e. The minimum Gasteiger partial charge on any atom is -0.481 e. The van der Waals surface area contributed by atoms with Crippen LogP contribution >= 0.6 is 11.6 Å². The number of halogens is 2. The number of carbonyl (C=O) groups excluding carboxylic acids is 1. The lowest BCUT2D eigenvalue weighted by Crippen LogP contribution is -2.35. The number of nitrogens with one attached hydrogen (secondary N) is 1. The molecule has 1 amide bonds. The predicted molar refractivity (Wildman–Crippen MR) is 79.8 cm³/mol. The topological polar surface area (TPSA) is 38.3 Å². The fraction of sp³-hybridized carbons (Fsp3) is 0.188. The van der Waals surface area contributed by atoms with Crippen molar-refractivity contribution in [3.05, 3.63) is 64.9 Å². The van der Waals surface area contributed by atoms with Gasteiger partial charge in [-0.05, 0) is 48.9 Å². The Labute approximate surface area is 127 Å². The van der Waals surface area contributed by atoms with Crippen molar-refractivity contribution in [3.8, 4) is 5.75 Å². The first-order valence-electron chi connectivity index (χ1n) is 6.49. The lowest BCUT2D eigenvalue weighted by Gasteiger charge is -2.14. The molecule has 1 N–H and O–H groups in total. The van der Waals surface area contributed by atoms with Crippen molar-refractivity contribution < 1.29 is 13.9 Å². The summed E-state index contributed by atoms with van der Waals surface area (Å²) in [4.78, 5) is 11.9. The molecule has 2 aromatic carbocycles. The Balaban J connectivity index is 1.84. The van der Waals surface area contributed by atoms with Crippen molar-refractivity contribution in [2.24, 2.45) is 0 Å². The van der Waals surface area contributed by atoms with E-state index in [-0.39, 0.29) is 11.7 Å². The molecule has 0 fully saturated rings. The van der Waals surface area contributed by atoms with Gasteiger partial charge in [-0.2, -0.15) is 0 Å². The van der Waals surface area contributed by atoms with E-state index in [9.17, 15) is 9.18 Å². The molecule has 21 heavy (non-hydrogen) atoms. The molecule has 0 spiro atoms. The van der Waals surface area contributed by atoms with Crippen molar-refractivity contribution in [2.45, 2.75) is 19.6 Å². The zero-order valence-electron chi connectivity index (χ0n) is 11.5. The van der Waals surface area contributed by atoms with E-state index in [4.69, 9.17) is 16.3 Å². The van der Waals surface area contributed by atoms with E-state index < -0.39 is 6.10 Å². The zero-order chi connectivity index (χ0) is 15.2. The van der Waals surface area contributed by atoms with E-state index in [1.54, 1.807) is 43.3 Å². The molecule has 0 aliphatic carbocycles. The maximum Gasteiger partial charge on any atom is 0.261 e. The van der Waals surface area contributed by atoms with E-state index in [2.05, 4.69) is 5.32 Å². The molecule has 1 atom stereocenters. The second-order valence-electron chi connectivity index (χ2n) is 4.56. The summed E-state index contributed by atoms with van der Waals surface area (Å²) in [6.45, 7) is 1.99. The summed E-state index contributed by atoms with van der Waals surface area (Å²) in [7, 11) is 0. The molecule has 110 valence electrons. The molecular weight excluding hydrogens is 293 g/mol. The second-order valence-corrected chi connectivity index (χ2v) is 4.99. The third-order valence-electron chi connectivity index (χ3n) is 2.88. The quantitative estimate of drug-likeness (QED) is 0.917. The molecule has 0 unspecified atom stereocenters. The zero-order valence-corrected chi connectivity index (χ0v) is 12.2. The average Bonchev–Trinajstić information content (AvgIpc) is 2.48. The van der Waals surface area contributed by atoms with Crippen LogP contribution in [0, 0.1) is 5.82 Å². The summed E-state index contributed by atoms with van der Waals surface area (Å²) in [6.07, 6.45) is -0.633. The van der Waals surface area contributed by atoms with Gasteiger partial charge in [-0.3, -0.25) is 4.79 Å². The van der Waals surface area contributed by atoms with E-state index in [0.717, 1.165) is 5.56 Å². The van der Waals surface area contributed by atoms with Crippen LogP contribution in [0.25, 0.3) is 0 Å². The summed E-state index contributed by atoms with van der Waals surface area (Å²) in [5, 5.41) is 3.34. The van der Waals surface area contributed by atoms with Crippen LogP contribution in [0.4, 0.5) is 4.39 Å². The normalized spacial score (nSPS) is 11.8. The van der Waals surface area contributed by atoms with Gasteiger partial charge in [-0.15, -0.1) is 0 Å². The summed E-state index contributed by atoms with van der Waals surface area (Å²) in [5.41, 5.74) is 0.823. The van der Waals surface area contributed by atoms with Gasteiger partial charge >= 0.3 is 0 Å². The summed E-state index contributed by atoms with van der Waals surface area (Å²) < 4.78 is 18.3. The molecule has 0 bridgehead atoms. The highest BCUT2D eigenvalue weighted by molar-refractivity contribution is 6.30. The lowest BCUT2D eigenvalue weighted by atomic mass is 10.2. The minimum absolute atomic E-state index is 0.241. The minimum atomic E-state index is -0.633. The number of hydrogen-bond donors (Lipinski definition) is 1. The van der Waals surface area contributed by atoms with Gasteiger partial charge in [0.15, 0.2) is 6.10 Å². The highest BCUT2D eigenvalue weighted by Crippen LogP contribution is 2.16. The fourth-order valence-electron chi connectivity index (χ4n) is 1.71. The smallest absolute Gasteiger partial charge is 0.261 e. The van der Waals surface area contributed by atoms with E-state index >= 15 is 0 Å². The van der Waals surface area contributed by atoms with Gasteiger partial charge in [0, 0.05) is 11.6 Å². The van der Waals surface area contributed by atoms with Crippen LogP contribution in [-0.4, -0.2) is 12.0 Å². The van der Waals surface area contributed by atoms with Gasteiger partial charge in [0.2, 0.25) is 0 Å². The standard InChI is InChI=1S/C16H15ClFNO2/c1-11(21-15-8-4-13(17)5-9-15)16(20)19-10-12-2-6-14(18)7-3-12/h2-9,11H,10H2,1H3,(H,19,20)/t11-/m0/s1. The molecule has 0 aromatic heterocycles. The lowest BCUT2D eigenvalue weighted by molar-refractivity contribution is -0.127. The highest BCUT2D eigenvalue weighted by atomic mass is 35.5. The summed E-state index contributed by atoms with van der Waals surface area (Å²) >= 11 is 5.78. The number of amides is 1. The first-order valence-corrected chi connectivity index (χ1v) is 6.87. The van der Waals surface area contributed by atoms with Gasteiger partial charge in [-0.1, -0.05) is 23.7 Å². The Morgan fingerprint density at radius 1 is 1.19 bits per heavy atom. The molecule has 0 heterocycles. The van der Waals surface area contributed by atoms with Crippen molar-refractivity contribution in [1.29, 1.82) is 0 Å². The van der Waals surface area contributed by atoms with Crippen molar-refractivity contribution in [1.82, 2.24) is 5.32 Å².